The van der Waals surface area contributed by atoms with Crippen LogP contribution >= 0.6 is 11.3 Å². The Morgan fingerprint density at radius 2 is 1.73 bits per heavy atom. The average Bonchev–Trinajstić information content (AvgIpc) is 3.25. The normalized spacial score (nSPS) is 15.3. The number of hydrogen-bond acceptors (Lipinski definition) is 8. The number of fused-ring (bicyclic) bond motifs is 2. The lowest BCUT2D eigenvalue weighted by Gasteiger charge is -2.35. The van der Waals surface area contributed by atoms with Crippen molar-refractivity contribution in [1.29, 1.82) is 0 Å². The highest BCUT2D eigenvalue weighted by atomic mass is 32.1. The number of benzene rings is 1. The molecule has 8 heteroatoms. The standard InChI is InChI=1S/C18H18N6OS/c1-11-15-16(19-12(2)20-17(15)25-22-11)23-7-9-24(10-8-23)18-21-13-5-3-4-6-14(13)26-18/h3-6H,7-10H2,1-2H3. The van der Waals surface area contributed by atoms with Crippen LogP contribution in [0.3, 0.4) is 0 Å². The Balaban J connectivity index is 1.41. The predicted molar refractivity (Wildman–Crippen MR) is 103 cm³/mol. The first-order valence-corrected chi connectivity index (χ1v) is 9.47. The summed E-state index contributed by atoms with van der Waals surface area (Å²) in [6, 6.07) is 8.29. The molecule has 0 amide bonds. The Morgan fingerprint density at radius 1 is 0.962 bits per heavy atom. The van der Waals surface area contributed by atoms with Crippen LogP contribution in [0.15, 0.2) is 28.8 Å². The molecular formula is C18H18N6OS. The number of aromatic nitrogens is 4. The minimum atomic E-state index is 0.568. The molecule has 0 spiro atoms. The molecule has 4 heterocycles. The molecule has 1 aliphatic heterocycles. The SMILES string of the molecule is Cc1nc(N2CCN(c3nc4ccccc4s3)CC2)c2c(C)noc2n1. The van der Waals surface area contributed by atoms with E-state index in [2.05, 4.69) is 43.1 Å². The lowest BCUT2D eigenvalue weighted by molar-refractivity contribution is 0.442. The number of hydrogen-bond donors (Lipinski definition) is 0. The molecule has 0 radical (unpaired) electrons. The van der Waals surface area contributed by atoms with Crippen molar-refractivity contribution in [2.45, 2.75) is 13.8 Å². The Kier molecular flexibility index (Phi) is 3.53. The van der Waals surface area contributed by atoms with Gasteiger partial charge in [0.05, 0.1) is 15.9 Å². The number of rotatable bonds is 2. The molecule has 1 fully saturated rings. The summed E-state index contributed by atoms with van der Waals surface area (Å²) in [7, 11) is 0. The van der Waals surface area contributed by atoms with Crippen molar-refractivity contribution in [3.63, 3.8) is 0 Å². The monoisotopic (exact) mass is 366 g/mol. The maximum absolute atomic E-state index is 5.34. The predicted octanol–water partition coefficient (Wildman–Crippen LogP) is 3.17. The Hall–Kier alpha value is -2.74. The zero-order valence-electron chi connectivity index (χ0n) is 14.6. The highest BCUT2D eigenvalue weighted by Gasteiger charge is 2.24. The molecular weight excluding hydrogens is 348 g/mol. The summed E-state index contributed by atoms with van der Waals surface area (Å²) in [5.41, 5.74) is 2.48. The van der Waals surface area contributed by atoms with Gasteiger partial charge in [0.15, 0.2) is 5.13 Å². The third kappa shape index (κ3) is 2.48. The van der Waals surface area contributed by atoms with E-state index in [9.17, 15) is 0 Å². The van der Waals surface area contributed by atoms with E-state index >= 15 is 0 Å². The van der Waals surface area contributed by atoms with E-state index in [0.29, 0.717) is 11.5 Å². The number of aryl methyl sites for hydroxylation is 2. The van der Waals surface area contributed by atoms with Crippen LogP contribution in [0.4, 0.5) is 10.9 Å². The van der Waals surface area contributed by atoms with Gasteiger partial charge in [-0.15, -0.1) is 0 Å². The number of nitrogens with zero attached hydrogens (tertiary/aromatic N) is 6. The molecule has 4 aromatic rings. The molecule has 5 rings (SSSR count). The molecule has 1 saturated heterocycles. The van der Waals surface area contributed by atoms with Crippen LogP contribution in [0.25, 0.3) is 21.3 Å². The van der Waals surface area contributed by atoms with Gasteiger partial charge in [-0.2, -0.15) is 4.98 Å². The molecule has 1 aliphatic rings. The zero-order valence-corrected chi connectivity index (χ0v) is 15.5. The van der Waals surface area contributed by atoms with Crippen LogP contribution in [-0.4, -0.2) is 46.3 Å². The van der Waals surface area contributed by atoms with Crippen LogP contribution in [0.2, 0.25) is 0 Å². The first-order chi connectivity index (χ1) is 12.7. The van der Waals surface area contributed by atoms with Crippen molar-refractivity contribution in [2.75, 3.05) is 36.0 Å². The van der Waals surface area contributed by atoms with E-state index in [-0.39, 0.29) is 0 Å². The largest absolute Gasteiger partial charge is 0.352 e. The Bertz CT molecular complexity index is 1060. The molecule has 0 bridgehead atoms. The fourth-order valence-corrected chi connectivity index (χ4v) is 4.42. The molecule has 7 nitrogen and oxygen atoms in total. The van der Waals surface area contributed by atoms with E-state index in [1.165, 1.54) is 4.70 Å². The van der Waals surface area contributed by atoms with Crippen LogP contribution in [0.1, 0.15) is 11.5 Å². The second-order valence-electron chi connectivity index (χ2n) is 6.48. The summed E-state index contributed by atoms with van der Waals surface area (Å²) in [4.78, 5) is 18.5. The summed E-state index contributed by atoms with van der Waals surface area (Å²) in [5.74, 6) is 1.63. The Labute approximate surface area is 154 Å². The van der Waals surface area contributed by atoms with Gasteiger partial charge in [0.1, 0.15) is 17.0 Å². The van der Waals surface area contributed by atoms with Gasteiger partial charge >= 0.3 is 0 Å². The van der Waals surface area contributed by atoms with Crippen molar-refractivity contribution in [3.8, 4) is 0 Å². The Morgan fingerprint density at radius 3 is 2.54 bits per heavy atom. The van der Waals surface area contributed by atoms with Crippen molar-refractivity contribution < 1.29 is 4.52 Å². The van der Waals surface area contributed by atoms with Crippen molar-refractivity contribution >= 4 is 43.6 Å². The number of piperazine rings is 1. The third-order valence-electron chi connectivity index (χ3n) is 4.73. The fraction of sp³-hybridized carbons (Fsp3) is 0.333. The fourth-order valence-electron chi connectivity index (χ4n) is 3.41. The average molecular weight is 366 g/mol. The highest BCUT2D eigenvalue weighted by molar-refractivity contribution is 7.22. The molecule has 0 unspecified atom stereocenters. The van der Waals surface area contributed by atoms with Gasteiger partial charge in [0.2, 0.25) is 0 Å². The molecule has 26 heavy (non-hydrogen) atoms. The smallest absolute Gasteiger partial charge is 0.263 e. The summed E-state index contributed by atoms with van der Waals surface area (Å²) < 4.78 is 6.57. The van der Waals surface area contributed by atoms with Gasteiger partial charge in [-0.1, -0.05) is 28.6 Å². The van der Waals surface area contributed by atoms with E-state index in [4.69, 9.17) is 9.51 Å². The summed E-state index contributed by atoms with van der Waals surface area (Å²) in [5, 5.41) is 6.07. The molecule has 0 aliphatic carbocycles. The van der Waals surface area contributed by atoms with Crippen molar-refractivity contribution in [2.24, 2.45) is 0 Å². The van der Waals surface area contributed by atoms with Crippen LogP contribution in [0, 0.1) is 13.8 Å². The van der Waals surface area contributed by atoms with Gasteiger partial charge in [0.25, 0.3) is 5.71 Å². The second kappa shape index (κ2) is 5.91. The van der Waals surface area contributed by atoms with Crippen molar-refractivity contribution in [3.05, 3.63) is 35.8 Å². The first kappa shape index (κ1) is 15.5. The van der Waals surface area contributed by atoms with Gasteiger partial charge in [-0.3, -0.25) is 0 Å². The van der Waals surface area contributed by atoms with Crippen molar-refractivity contribution in [1.82, 2.24) is 20.1 Å². The molecule has 0 atom stereocenters. The molecule has 0 N–H and O–H groups in total. The number of thiazole rings is 1. The molecule has 3 aromatic heterocycles. The topological polar surface area (TPSA) is 71.2 Å². The lowest BCUT2D eigenvalue weighted by Crippen LogP contribution is -2.47. The zero-order chi connectivity index (χ0) is 17.7. The minimum Gasteiger partial charge on any atom is -0.352 e. The van der Waals surface area contributed by atoms with Gasteiger partial charge < -0.3 is 14.3 Å². The van der Waals surface area contributed by atoms with Crippen LogP contribution in [0.5, 0.6) is 0 Å². The number of para-hydroxylation sites is 1. The number of anilines is 2. The summed E-state index contributed by atoms with van der Waals surface area (Å²) >= 11 is 1.76. The quantitative estimate of drug-likeness (QED) is 0.539. The third-order valence-corrected chi connectivity index (χ3v) is 5.83. The van der Waals surface area contributed by atoms with Gasteiger partial charge in [-0.05, 0) is 26.0 Å². The van der Waals surface area contributed by atoms with Crippen LogP contribution in [-0.2, 0) is 0 Å². The molecule has 1 aromatic carbocycles. The maximum atomic E-state index is 5.34. The summed E-state index contributed by atoms with van der Waals surface area (Å²) in [6.45, 7) is 7.41. The van der Waals surface area contributed by atoms with Gasteiger partial charge in [0, 0.05) is 26.2 Å². The first-order valence-electron chi connectivity index (χ1n) is 8.65. The minimum absolute atomic E-state index is 0.568. The van der Waals surface area contributed by atoms with E-state index < -0.39 is 0 Å². The van der Waals surface area contributed by atoms with E-state index in [1.54, 1.807) is 11.3 Å². The summed E-state index contributed by atoms with van der Waals surface area (Å²) in [6.07, 6.45) is 0. The molecule has 132 valence electrons. The maximum Gasteiger partial charge on any atom is 0.263 e. The lowest BCUT2D eigenvalue weighted by atomic mass is 10.2. The highest BCUT2D eigenvalue weighted by Crippen LogP contribution is 2.31. The second-order valence-corrected chi connectivity index (χ2v) is 7.49. The van der Waals surface area contributed by atoms with Gasteiger partial charge in [-0.25, -0.2) is 9.97 Å². The van der Waals surface area contributed by atoms with E-state index in [1.807, 2.05) is 19.9 Å². The molecule has 0 saturated carbocycles. The van der Waals surface area contributed by atoms with Crippen LogP contribution < -0.4 is 9.80 Å². The van der Waals surface area contributed by atoms with E-state index in [0.717, 1.165) is 53.7 Å².